The van der Waals surface area contributed by atoms with Crippen LogP contribution in [0.3, 0.4) is 0 Å². The lowest BCUT2D eigenvalue weighted by Crippen LogP contribution is -2.10. The number of hydrogen-bond acceptors (Lipinski definition) is 5. The van der Waals surface area contributed by atoms with Gasteiger partial charge in [0.2, 0.25) is 5.89 Å². The molecule has 0 unspecified atom stereocenters. The van der Waals surface area contributed by atoms with Gasteiger partial charge in [0.25, 0.3) is 0 Å². The molecule has 26 heavy (non-hydrogen) atoms. The summed E-state index contributed by atoms with van der Waals surface area (Å²) >= 11 is 0. The van der Waals surface area contributed by atoms with Gasteiger partial charge in [-0.25, -0.2) is 9.37 Å². The molecule has 0 amide bonds. The number of halogens is 1. The van der Waals surface area contributed by atoms with Crippen molar-refractivity contribution in [2.45, 2.75) is 20.0 Å². The van der Waals surface area contributed by atoms with E-state index >= 15 is 0 Å². The van der Waals surface area contributed by atoms with Crippen molar-refractivity contribution < 1.29 is 23.1 Å². The molecule has 0 aliphatic rings. The van der Waals surface area contributed by atoms with E-state index in [1.807, 2.05) is 31.2 Å². The van der Waals surface area contributed by atoms with Crippen molar-refractivity contribution in [1.82, 2.24) is 4.98 Å². The topological polar surface area (TPSA) is 61.6 Å². The molecule has 0 atom stereocenters. The smallest absolute Gasteiger partial charge is 0.309 e. The van der Waals surface area contributed by atoms with Crippen molar-refractivity contribution in [3.05, 3.63) is 71.9 Å². The molecular formula is C20H18FNO4. The number of esters is 1. The van der Waals surface area contributed by atoms with E-state index in [2.05, 4.69) is 4.98 Å². The number of aromatic nitrogens is 1. The van der Waals surface area contributed by atoms with E-state index in [1.165, 1.54) is 18.4 Å². The molecule has 0 spiro atoms. The highest BCUT2D eigenvalue weighted by molar-refractivity contribution is 5.69. The van der Waals surface area contributed by atoms with Crippen LogP contribution >= 0.6 is 0 Å². The molecule has 0 saturated heterocycles. The zero-order valence-corrected chi connectivity index (χ0v) is 14.3. The highest BCUT2D eigenvalue weighted by Gasteiger charge is 2.10. The number of aryl methyl sites for hydroxylation is 1. The van der Waals surface area contributed by atoms with E-state index in [0.717, 1.165) is 11.3 Å². The van der Waals surface area contributed by atoms with Gasteiger partial charge in [0, 0.05) is 5.56 Å². The van der Waals surface area contributed by atoms with Crippen LogP contribution in [0.25, 0.3) is 11.5 Å². The van der Waals surface area contributed by atoms with Crippen LogP contribution in [0.5, 0.6) is 5.75 Å². The first-order valence-electron chi connectivity index (χ1n) is 8.16. The van der Waals surface area contributed by atoms with Crippen molar-refractivity contribution in [3.63, 3.8) is 0 Å². The van der Waals surface area contributed by atoms with Crippen molar-refractivity contribution in [2.24, 2.45) is 0 Å². The van der Waals surface area contributed by atoms with Crippen LogP contribution in [-0.2, 0) is 16.1 Å². The Hall–Kier alpha value is -3.15. The maximum absolute atomic E-state index is 12.9. The molecule has 0 aliphatic carbocycles. The monoisotopic (exact) mass is 355 g/mol. The summed E-state index contributed by atoms with van der Waals surface area (Å²) in [5.41, 5.74) is 2.14. The molecule has 1 heterocycles. The Morgan fingerprint density at radius 3 is 2.69 bits per heavy atom. The average Bonchev–Trinajstić information content (AvgIpc) is 3.11. The number of para-hydroxylation sites is 1. The van der Waals surface area contributed by atoms with Crippen molar-refractivity contribution in [1.29, 1.82) is 0 Å². The first kappa shape index (κ1) is 17.7. The highest BCUT2D eigenvalue weighted by Crippen LogP contribution is 2.19. The quantitative estimate of drug-likeness (QED) is 0.591. The van der Waals surface area contributed by atoms with Gasteiger partial charge in [0.1, 0.15) is 30.1 Å². The number of benzene rings is 2. The second kappa shape index (κ2) is 8.29. The van der Waals surface area contributed by atoms with Gasteiger partial charge < -0.3 is 13.9 Å². The number of ether oxygens (including phenoxy) is 2. The second-order valence-electron chi connectivity index (χ2n) is 5.68. The Morgan fingerprint density at radius 2 is 1.92 bits per heavy atom. The van der Waals surface area contributed by atoms with E-state index in [1.54, 1.807) is 12.1 Å². The molecule has 134 valence electrons. The maximum atomic E-state index is 12.9. The summed E-state index contributed by atoms with van der Waals surface area (Å²) in [6, 6.07) is 13.4. The SMILES string of the molecule is Cc1ccccc1OCCC(=O)OCc1coc(-c2ccc(F)cc2)n1. The fourth-order valence-corrected chi connectivity index (χ4v) is 2.29. The van der Waals surface area contributed by atoms with Crippen molar-refractivity contribution in [2.75, 3.05) is 6.61 Å². The second-order valence-corrected chi connectivity index (χ2v) is 5.68. The van der Waals surface area contributed by atoms with Crippen LogP contribution in [0.4, 0.5) is 4.39 Å². The lowest BCUT2D eigenvalue weighted by molar-refractivity contribution is -0.145. The summed E-state index contributed by atoms with van der Waals surface area (Å²) in [4.78, 5) is 16.0. The first-order chi connectivity index (χ1) is 12.6. The Morgan fingerprint density at radius 1 is 1.15 bits per heavy atom. The Bertz CT molecular complexity index is 874. The number of carbonyl (C=O) groups is 1. The zero-order chi connectivity index (χ0) is 18.4. The standard InChI is InChI=1S/C20H18FNO4/c1-14-4-2-3-5-18(14)24-11-10-19(23)25-12-17-13-26-20(22-17)15-6-8-16(21)9-7-15/h2-9,13H,10-12H2,1H3. The van der Waals surface area contributed by atoms with Gasteiger partial charge in [-0.05, 0) is 42.8 Å². The van der Waals surface area contributed by atoms with Crippen molar-refractivity contribution >= 4 is 5.97 Å². The molecule has 3 rings (SSSR count). The predicted molar refractivity (Wildman–Crippen MR) is 93.0 cm³/mol. The summed E-state index contributed by atoms with van der Waals surface area (Å²) in [6.45, 7) is 2.19. The Balaban J connectivity index is 1.45. The minimum Gasteiger partial charge on any atom is -0.493 e. The average molecular weight is 355 g/mol. The van der Waals surface area contributed by atoms with Gasteiger partial charge >= 0.3 is 5.97 Å². The predicted octanol–water partition coefficient (Wildman–Crippen LogP) is 4.30. The summed E-state index contributed by atoms with van der Waals surface area (Å²) in [7, 11) is 0. The molecule has 2 aromatic carbocycles. The fourth-order valence-electron chi connectivity index (χ4n) is 2.29. The van der Waals surface area contributed by atoms with Gasteiger partial charge in [-0.1, -0.05) is 18.2 Å². The molecule has 0 N–H and O–H groups in total. The first-order valence-corrected chi connectivity index (χ1v) is 8.16. The minimum atomic E-state index is -0.384. The van der Waals surface area contributed by atoms with Gasteiger partial charge in [-0.2, -0.15) is 0 Å². The van der Waals surface area contributed by atoms with E-state index in [0.29, 0.717) is 17.1 Å². The third kappa shape index (κ3) is 4.69. The third-order valence-corrected chi connectivity index (χ3v) is 3.68. The van der Waals surface area contributed by atoms with Crippen LogP contribution in [-0.4, -0.2) is 17.6 Å². The summed E-state index contributed by atoms with van der Waals surface area (Å²) in [6.07, 6.45) is 1.55. The van der Waals surface area contributed by atoms with Crippen molar-refractivity contribution in [3.8, 4) is 17.2 Å². The largest absolute Gasteiger partial charge is 0.493 e. The van der Waals surface area contributed by atoms with Crippen LogP contribution < -0.4 is 4.74 Å². The summed E-state index contributed by atoms with van der Waals surface area (Å²) in [5, 5.41) is 0. The molecule has 6 heteroatoms. The molecule has 3 aromatic rings. The van der Waals surface area contributed by atoms with Gasteiger partial charge in [-0.15, -0.1) is 0 Å². The van der Waals surface area contributed by atoms with Gasteiger partial charge in [0.05, 0.1) is 13.0 Å². The molecule has 0 radical (unpaired) electrons. The van der Waals surface area contributed by atoms with Crippen LogP contribution in [0, 0.1) is 12.7 Å². The summed E-state index contributed by atoms with van der Waals surface area (Å²) in [5.74, 6) is 0.381. The lowest BCUT2D eigenvalue weighted by Gasteiger charge is -2.08. The number of rotatable bonds is 7. The lowest BCUT2D eigenvalue weighted by atomic mass is 10.2. The molecule has 0 aliphatic heterocycles. The molecule has 0 fully saturated rings. The number of carbonyl (C=O) groups excluding carboxylic acids is 1. The number of oxazole rings is 1. The highest BCUT2D eigenvalue weighted by atomic mass is 19.1. The zero-order valence-electron chi connectivity index (χ0n) is 14.3. The number of nitrogens with zero attached hydrogens (tertiary/aromatic N) is 1. The van der Waals surface area contributed by atoms with Crippen LogP contribution in [0.2, 0.25) is 0 Å². The van der Waals surface area contributed by atoms with E-state index in [4.69, 9.17) is 13.9 Å². The molecular weight excluding hydrogens is 337 g/mol. The third-order valence-electron chi connectivity index (χ3n) is 3.68. The van der Waals surface area contributed by atoms with Gasteiger partial charge in [0.15, 0.2) is 0 Å². The minimum absolute atomic E-state index is 0.00783. The van der Waals surface area contributed by atoms with Crippen LogP contribution in [0.1, 0.15) is 17.7 Å². The Labute approximate surface area is 150 Å². The molecule has 0 saturated carbocycles. The molecule has 5 nitrogen and oxygen atoms in total. The fraction of sp³-hybridized carbons (Fsp3) is 0.200. The summed E-state index contributed by atoms with van der Waals surface area (Å²) < 4.78 is 29.0. The van der Waals surface area contributed by atoms with E-state index < -0.39 is 0 Å². The van der Waals surface area contributed by atoms with E-state index in [9.17, 15) is 9.18 Å². The normalized spacial score (nSPS) is 10.5. The molecule has 1 aromatic heterocycles. The number of hydrogen-bond donors (Lipinski definition) is 0. The van der Waals surface area contributed by atoms with E-state index in [-0.39, 0.29) is 31.4 Å². The Kier molecular flexibility index (Phi) is 5.63. The molecule has 0 bridgehead atoms. The maximum Gasteiger partial charge on any atom is 0.309 e. The van der Waals surface area contributed by atoms with Gasteiger partial charge in [-0.3, -0.25) is 4.79 Å². The van der Waals surface area contributed by atoms with Crippen LogP contribution in [0.15, 0.2) is 59.2 Å².